The average molecular weight is 226 g/mol. The number of halogens is 2. The van der Waals surface area contributed by atoms with Crippen LogP contribution < -0.4 is 0 Å². The largest absolute Gasteiger partial charge is 0.359 e. The first-order chi connectivity index (χ1) is 6.66. The minimum Gasteiger partial charge on any atom is -0.359 e. The molecule has 0 saturated heterocycles. The predicted molar refractivity (Wildman–Crippen MR) is 61.0 cm³/mol. The first-order valence-electron chi connectivity index (χ1n) is 4.28. The van der Waals surface area contributed by atoms with Crippen LogP contribution in [-0.4, -0.2) is 4.98 Å². The van der Waals surface area contributed by atoms with Gasteiger partial charge in [-0.05, 0) is 36.8 Å². The van der Waals surface area contributed by atoms with E-state index in [1.807, 2.05) is 31.2 Å². The Morgan fingerprint density at radius 2 is 1.79 bits per heavy atom. The molecule has 0 bridgehead atoms. The van der Waals surface area contributed by atoms with Crippen LogP contribution in [0.15, 0.2) is 30.3 Å². The van der Waals surface area contributed by atoms with Crippen molar-refractivity contribution in [1.29, 1.82) is 0 Å². The van der Waals surface area contributed by atoms with Crippen molar-refractivity contribution in [2.75, 3.05) is 0 Å². The fourth-order valence-electron chi connectivity index (χ4n) is 1.34. The van der Waals surface area contributed by atoms with Crippen LogP contribution in [0.2, 0.25) is 10.0 Å². The highest BCUT2D eigenvalue weighted by Crippen LogP contribution is 2.27. The molecule has 72 valence electrons. The Kier molecular flexibility index (Phi) is 2.53. The molecule has 0 aliphatic heterocycles. The molecule has 3 heteroatoms. The lowest BCUT2D eigenvalue weighted by atomic mass is 10.2. The standard InChI is InChI=1S/C11H9Cl2N/c1-7-2-5-11(14-7)8-3-4-9(12)10(13)6-8/h2-6,14H,1H3. The maximum absolute atomic E-state index is 5.92. The second-order valence-electron chi connectivity index (χ2n) is 3.18. The molecule has 0 saturated carbocycles. The van der Waals surface area contributed by atoms with Crippen molar-refractivity contribution in [3.05, 3.63) is 46.1 Å². The van der Waals surface area contributed by atoms with Gasteiger partial charge in [-0.25, -0.2) is 0 Å². The summed E-state index contributed by atoms with van der Waals surface area (Å²) in [4.78, 5) is 3.24. The predicted octanol–water partition coefficient (Wildman–Crippen LogP) is 4.30. The molecule has 1 aromatic carbocycles. The van der Waals surface area contributed by atoms with Gasteiger partial charge < -0.3 is 4.98 Å². The van der Waals surface area contributed by atoms with Crippen LogP contribution in [-0.2, 0) is 0 Å². The summed E-state index contributed by atoms with van der Waals surface area (Å²) in [5, 5.41) is 1.16. The van der Waals surface area contributed by atoms with Crippen LogP contribution in [0, 0.1) is 6.92 Å². The lowest BCUT2D eigenvalue weighted by Gasteiger charge is -2.00. The van der Waals surface area contributed by atoms with Crippen LogP contribution >= 0.6 is 23.2 Å². The summed E-state index contributed by atoms with van der Waals surface area (Å²) < 4.78 is 0. The van der Waals surface area contributed by atoms with Gasteiger partial charge in [-0.3, -0.25) is 0 Å². The van der Waals surface area contributed by atoms with Crippen LogP contribution in [0.25, 0.3) is 11.3 Å². The van der Waals surface area contributed by atoms with Crippen molar-refractivity contribution in [3.63, 3.8) is 0 Å². The van der Waals surface area contributed by atoms with Crippen molar-refractivity contribution in [2.24, 2.45) is 0 Å². The van der Waals surface area contributed by atoms with E-state index in [9.17, 15) is 0 Å². The molecule has 1 aromatic heterocycles. The maximum atomic E-state index is 5.92. The van der Waals surface area contributed by atoms with Gasteiger partial charge in [0, 0.05) is 11.4 Å². The zero-order valence-electron chi connectivity index (χ0n) is 7.64. The van der Waals surface area contributed by atoms with E-state index in [2.05, 4.69) is 4.98 Å². The number of aryl methyl sites for hydroxylation is 1. The van der Waals surface area contributed by atoms with Crippen molar-refractivity contribution >= 4 is 23.2 Å². The first kappa shape index (κ1) is 9.63. The number of hydrogen-bond donors (Lipinski definition) is 1. The van der Waals surface area contributed by atoms with Gasteiger partial charge >= 0.3 is 0 Å². The van der Waals surface area contributed by atoms with Gasteiger partial charge in [0.25, 0.3) is 0 Å². The van der Waals surface area contributed by atoms with E-state index < -0.39 is 0 Å². The monoisotopic (exact) mass is 225 g/mol. The Hall–Kier alpha value is -0.920. The number of aromatic amines is 1. The average Bonchev–Trinajstić information content (AvgIpc) is 2.57. The minimum atomic E-state index is 0.580. The second kappa shape index (κ2) is 3.68. The van der Waals surface area contributed by atoms with Gasteiger partial charge in [0.15, 0.2) is 0 Å². The van der Waals surface area contributed by atoms with Crippen LogP contribution in [0.1, 0.15) is 5.69 Å². The highest BCUT2D eigenvalue weighted by Gasteiger charge is 2.02. The number of nitrogens with one attached hydrogen (secondary N) is 1. The van der Waals surface area contributed by atoms with Gasteiger partial charge in [0.1, 0.15) is 0 Å². The Bertz CT molecular complexity index is 460. The molecule has 0 amide bonds. The topological polar surface area (TPSA) is 15.8 Å². The lowest BCUT2D eigenvalue weighted by Crippen LogP contribution is -1.78. The number of H-pyrrole nitrogens is 1. The quantitative estimate of drug-likeness (QED) is 0.746. The van der Waals surface area contributed by atoms with Gasteiger partial charge in [-0.1, -0.05) is 29.3 Å². The number of aromatic nitrogens is 1. The molecule has 0 unspecified atom stereocenters. The Labute approximate surface area is 92.7 Å². The van der Waals surface area contributed by atoms with Gasteiger partial charge in [-0.2, -0.15) is 0 Å². The zero-order chi connectivity index (χ0) is 10.1. The highest BCUT2D eigenvalue weighted by atomic mass is 35.5. The first-order valence-corrected chi connectivity index (χ1v) is 5.03. The Morgan fingerprint density at radius 3 is 2.36 bits per heavy atom. The molecule has 0 spiro atoms. The molecule has 1 nitrogen and oxygen atoms in total. The fourth-order valence-corrected chi connectivity index (χ4v) is 1.63. The molecule has 1 heterocycles. The number of rotatable bonds is 1. The SMILES string of the molecule is Cc1ccc(-c2ccc(Cl)c(Cl)c2)[nH]1. The van der Waals surface area contributed by atoms with Gasteiger partial charge in [0.2, 0.25) is 0 Å². The van der Waals surface area contributed by atoms with E-state index >= 15 is 0 Å². The van der Waals surface area contributed by atoms with Crippen molar-refractivity contribution in [1.82, 2.24) is 4.98 Å². The molecule has 2 aromatic rings. The second-order valence-corrected chi connectivity index (χ2v) is 4.00. The van der Waals surface area contributed by atoms with Crippen LogP contribution in [0.3, 0.4) is 0 Å². The molecule has 0 atom stereocenters. The van der Waals surface area contributed by atoms with E-state index in [-0.39, 0.29) is 0 Å². The number of hydrogen-bond acceptors (Lipinski definition) is 0. The van der Waals surface area contributed by atoms with E-state index in [0.29, 0.717) is 10.0 Å². The minimum absolute atomic E-state index is 0.580. The molecule has 2 rings (SSSR count). The molecular weight excluding hydrogens is 217 g/mol. The molecule has 0 aliphatic carbocycles. The third-order valence-corrected chi connectivity index (χ3v) is 2.80. The Morgan fingerprint density at radius 1 is 1.00 bits per heavy atom. The molecule has 0 aliphatic rings. The molecular formula is C11H9Cl2N. The van der Waals surface area contributed by atoms with Crippen LogP contribution in [0.4, 0.5) is 0 Å². The van der Waals surface area contributed by atoms with Crippen molar-refractivity contribution in [3.8, 4) is 11.3 Å². The van der Waals surface area contributed by atoms with E-state index in [0.717, 1.165) is 17.0 Å². The summed E-state index contributed by atoms with van der Waals surface area (Å²) in [6.07, 6.45) is 0. The molecule has 14 heavy (non-hydrogen) atoms. The summed E-state index contributed by atoms with van der Waals surface area (Å²) in [6.45, 7) is 2.01. The molecule has 0 radical (unpaired) electrons. The van der Waals surface area contributed by atoms with Crippen molar-refractivity contribution in [2.45, 2.75) is 6.92 Å². The van der Waals surface area contributed by atoms with Crippen molar-refractivity contribution < 1.29 is 0 Å². The third-order valence-electron chi connectivity index (χ3n) is 2.06. The summed E-state index contributed by atoms with van der Waals surface area (Å²) >= 11 is 11.8. The van der Waals surface area contributed by atoms with E-state index in [1.54, 1.807) is 6.07 Å². The normalized spacial score (nSPS) is 10.5. The lowest BCUT2D eigenvalue weighted by molar-refractivity contribution is 1.27. The summed E-state index contributed by atoms with van der Waals surface area (Å²) in [5.74, 6) is 0. The van der Waals surface area contributed by atoms with Gasteiger partial charge in [-0.15, -0.1) is 0 Å². The smallest absolute Gasteiger partial charge is 0.0599 e. The highest BCUT2D eigenvalue weighted by molar-refractivity contribution is 6.42. The summed E-state index contributed by atoms with van der Waals surface area (Å²) in [7, 11) is 0. The summed E-state index contributed by atoms with van der Waals surface area (Å²) in [5.41, 5.74) is 3.24. The Balaban J connectivity index is 2.47. The zero-order valence-corrected chi connectivity index (χ0v) is 9.15. The van der Waals surface area contributed by atoms with E-state index in [4.69, 9.17) is 23.2 Å². The maximum Gasteiger partial charge on any atom is 0.0599 e. The molecule has 0 fully saturated rings. The third kappa shape index (κ3) is 1.79. The fraction of sp³-hybridized carbons (Fsp3) is 0.0909. The summed E-state index contributed by atoms with van der Waals surface area (Å²) in [6, 6.07) is 9.65. The molecule has 1 N–H and O–H groups in total. The van der Waals surface area contributed by atoms with Crippen LogP contribution in [0.5, 0.6) is 0 Å². The van der Waals surface area contributed by atoms with Gasteiger partial charge in [0.05, 0.1) is 10.0 Å². The van der Waals surface area contributed by atoms with E-state index in [1.165, 1.54) is 0 Å². The number of benzene rings is 1.